The summed E-state index contributed by atoms with van der Waals surface area (Å²) in [6, 6.07) is 22.1. The minimum Gasteiger partial charge on any atom is -0.506 e. The molecule has 0 amide bonds. The van der Waals surface area contributed by atoms with Crippen molar-refractivity contribution in [1.82, 2.24) is 0 Å². The molecule has 0 radical (unpaired) electrons. The van der Waals surface area contributed by atoms with Crippen LogP contribution >= 0.6 is 23.4 Å². The molecular weight excluding hydrogens is 498 g/mol. The molecule has 3 aromatic rings. The van der Waals surface area contributed by atoms with Crippen LogP contribution in [0.1, 0.15) is 18.1 Å². The summed E-state index contributed by atoms with van der Waals surface area (Å²) in [6.07, 6.45) is 1.76. The van der Waals surface area contributed by atoms with E-state index in [1.165, 1.54) is 11.8 Å². The van der Waals surface area contributed by atoms with Gasteiger partial charge in [0.2, 0.25) is 0 Å². The first-order chi connectivity index (χ1) is 17.5. The Labute approximate surface area is 218 Å². The maximum absolute atomic E-state index is 12.6. The van der Waals surface area contributed by atoms with E-state index in [0.717, 1.165) is 11.1 Å². The van der Waals surface area contributed by atoms with Crippen LogP contribution in [0.4, 0.5) is 5.69 Å². The van der Waals surface area contributed by atoms with Crippen molar-refractivity contribution in [2.75, 3.05) is 13.7 Å². The third-order valence-corrected chi connectivity index (χ3v) is 6.57. The van der Waals surface area contributed by atoms with Crippen LogP contribution in [0.5, 0.6) is 11.5 Å². The van der Waals surface area contributed by atoms with E-state index in [2.05, 4.69) is 4.99 Å². The lowest BCUT2D eigenvalue weighted by molar-refractivity contribution is -0.138. The quantitative estimate of drug-likeness (QED) is 0.318. The van der Waals surface area contributed by atoms with E-state index in [9.17, 15) is 9.90 Å². The van der Waals surface area contributed by atoms with Crippen LogP contribution in [0, 0.1) is 0 Å². The molecule has 8 heteroatoms. The number of ether oxygens (including phenoxy) is 3. The summed E-state index contributed by atoms with van der Waals surface area (Å²) in [7, 11) is 1.56. The summed E-state index contributed by atoms with van der Waals surface area (Å²) < 4.78 is 16.6. The predicted octanol–water partition coefficient (Wildman–Crippen LogP) is 7.12. The van der Waals surface area contributed by atoms with Crippen LogP contribution in [-0.2, 0) is 16.1 Å². The SMILES string of the molecule is CCOC(=O)C1=C(O)/C(=C/c2ccc(OCc3ccccc3Cl)c(OC)c2)SC1=Nc1ccccc1. The second kappa shape index (κ2) is 11.8. The Balaban J connectivity index is 1.62. The van der Waals surface area contributed by atoms with Gasteiger partial charge in [-0.2, -0.15) is 0 Å². The Hall–Kier alpha value is -3.68. The highest BCUT2D eigenvalue weighted by molar-refractivity contribution is 8.18. The molecule has 1 aliphatic heterocycles. The van der Waals surface area contributed by atoms with Crippen molar-refractivity contribution in [3.05, 3.63) is 105 Å². The average molecular weight is 522 g/mol. The highest BCUT2D eigenvalue weighted by atomic mass is 35.5. The standard InChI is InChI=1S/C28H24ClNO5S/c1-3-34-28(32)25-26(31)24(36-27(25)30-20-10-5-4-6-11-20)16-18-13-14-22(23(15-18)33-2)35-17-19-9-7-8-12-21(19)29/h4-16,31H,3,17H2,1-2H3/b24-16-,30-27?. The first-order valence-electron chi connectivity index (χ1n) is 11.2. The summed E-state index contributed by atoms with van der Waals surface area (Å²) in [4.78, 5) is 17.6. The molecular formula is C28H24ClNO5S. The zero-order valence-corrected chi connectivity index (χ0v) is 21.3. The van der Waals surface area contributed by atoms with Crippen LogP contribution in [0.3, 0.4) is 0 Å². The lowest BCUT2D eigenvalue weighted by atomic mass is 10.1. The molecule has 3 aromatic carbocycles. The number of esters is 1. The number of thioether (sulfide) groups is 1. The zero-order valence-electron chi connectivity index (χ0n) is 19.7. The van der Waals surface area contributed by atoms with E-state index >= 15 is 0 Å². The molecule has 0 aliphatic carbocycles. The molecule has 4 rings (SSSR count). The molecule has 1 heterocycles. The maximum Gasteiger partial charge on any atom is 0.344 e. The molecule has 6 nitrogen and oxygen atoms in total. The minimum absolute atomic E-state index is 0.0450. The van der Waals surface area contributed by atoms with E-state index in [1.54, 1.807) is 32.2 Å². The zero-order chi connectivity index (χ0) is 25.5. The fourth-order valence-electron chi connectivity index (χ4n) is 3.43. The molecule has 1 N–H and O–H groups in total. The van der Waals surface area contributed by atoms with Crippen molar-refractivity contribution in [3.8, 4) is 11.5 Å². The third-order valence-electron chi connectivity index (χ3n) is 5.18. The van der Waals surface area contributed by atoms with Gasteiger partial charge in [0.15, 0.2) is 11.5 Å². The molecule has 0 fully saturated rings. The van der Waals surface area contributed by atoms with Crippen LogP contribution < -0.4 is 9.47 Å². The summed E-state index contributed by atoms with van der Waals surface area (Å²) in [5.41, 5.74) is 2.32. The number of aliphatic hydroxyl groups is 1. The second-order valence-corrected chi connectivity index (χ2v) is 9.04. The normalized spacial score (nSPS) is 15.4. The minimum atomic E-state index is -0.624. The van der Waals surface area contributed by atoms with Gasteiger partial charge in [0.1, 0.15) is 23.0 Å². The topological polar surface area (TPSA) is 77.4 Å². The smallest absolute Gasteiger partial charge is 0.344 e. The Morgan fingerprint density at radius 1 is 1.06 bits per heavy atom. The fraction of sp³-hybridized carbons (Fsp3) is 0.143. The van der Waals surface area contributed by atoms with Crippen molar-refractivity contribution < 1.29 is 24.1 Å². The van der Waals surface area contributed by atoms with Crippen LogP contribution in [-0.4, -0.2) is 29.8 Å². The van der Waals surface area contributed by atoms with E-state index < -0.39 is 5.97 Å². The lowest BCUT2D eigenvalue weighted by Crippen LogP contribution is -2.12. The monoisotopic (exact) mass is 521 g/mol. The van der Waals surface area contributed by atoms with Gasteiger partial charge in [-0.25, -0.2) is 9.79 Å². The molecule has 0 atom stereocenters. The highest BCUT2D eigenvalue weighted by Crippen LogP contribution is 2.41. The van der Waals surface area contributed by atoms with Gasteiger partial charge in [0, 0.05) is 10.6 Å². The van der Waals surface area contributed by atoms with Crippen LogP contribution in [0.2, 0.25) is 5.02 Å². The molecule has 0 spiro atoms. The van der Waals surface area contributed by atoms with Crippen LogP contribution in [0.25, 0.3) is 6.08 Å². The van der Waals surface area contributed by atoms with Gasteiger partial charge in [-0.3, -0.25) is 0 Å². The molecule has 0 saturated carbocycles. The Bertz CT molecular complexity index is 1350. The first kappa shape index (κ1) is 25.4. The number of hydrogen-bond donors (Lipinski definition) is 1. The van der Waals surface area contributed by atoms with Crippen LogP contribution in [0.15, 0.2) is 94.0 Å². The number of nitrogens with zero attached hydrogens (tertiary/aromatic N) is 1. The first-order valence-corrected chi connectivity index (χ1v) is 12.4. The molecule has 0 saturated heterocycles. The Morgan fingerprint density at radius 3 is 2.53 bits per heavy atom. The number of benzene rings is 3. The van der Waals surface area contributed by atoms with Gasteiger partial charge >= 0.3 is 5.97 Å². The molecule has 0 unspecified atom stereocenters. The molecule has 1 aliphatic rings. The van der Waals surface area contributed by atoms with E-state index in [-0.39, 0.29) is 24.5 Å². The summed E-state index contributed by atoms with van der Waals surface area (Å²) in [5.74, 6) is 0.274. The third kappa shape index (κ3) is 5.93. The summed E-state index contributed by atoms with van der Waals surface area (Å²) >= 11 is 7.42. The van der Waals surface area contributed by atoms with Gasteiger partial charge in [-0.1, -0.05) is 65.8 Å². The molecule has 184 valence electrons. The summed E-state index contributed by atoms with van der Waals surface area (Å²) in [6.45, 7) is 2.19. The number of aliphatic hydroxyl groups excluding tert-OH is 1. The van der Waals surface area contributed by atoms with Gasteiger partial charge in [0.25, 0.3) is 0 Å². The van der Waals surface area contributed by atoms with E-state index in [1.807, 2.05) is 60.7 Å². The van der Waals surface area contributed by atoms with Gasteiger partial charge in [0.05, 0.1) is 24.3 Å². The van der Waals surface area contributed by atoms with Gasteiger partial charge < -0.3 is 19.3 Å². The largest absolute Gasteiger partial charge is 0.506 e. The lowest BCUT2D eigenvalue weighted by Gasteiger charge is -2.12. The summed E-state index contributed by atoms with van der Waals surface area (Å²) in [5, 5.41) is 11.9. The number of hydrogen-bond acceptors (Lipinski definition) is 7. The Morgan fingerprint density at radius 2 is 1.81 bits per heavy atom. The molecule has 36 heavy (non-hydrogen) atoms. The van der Waals surface area contributed by atoms with Gasteiger partial charge in [-0.15, -0.1) is 0 Å². The number of carbonyl (C=O) groups is 1. The van der Waals surface area contributed by atoms with Crippen molar-refractivity contribution >= 4 is 46.1 Å². The van der Waals surface area contributed by atoms with Crippen molar-refractivity contribution in [3.63, 3.8) is 0 Å². The number of methoxy groups -OCH3 is 1. The molecule has 0 bridgehead atoms. The molecule has 0 aromatic heterocycles. The highest BCUT2D eigenvalue weighted by Gasteiger charge is 2.33. The van der Waals surface area contributed by atoms with Crippen molar-refractivity contribution in [2.45, 2.75) is 13.5 Å². The number of carbonyl (C=O) groups excluding carboxylic acids is 1. The number of rotatable bonds is 8. The predicted molar refractivity (Wildman–Crippen MR) is 144 cm³/mol. The van der Waals surface area contributed by atoms with Crippen molar-refractivity contribution in [2.24, 2.45) is 4.99 Å². The van der Waals surface area contributed by atoms with E-state index in [4.69, 9.17) is 25.8 Å². The average Bonchev–Trinajstić information content (AvgIpc) is 3.18. The van der Waals surface area contributed by atoms with Gasteiger partial charge in [-0.05, 0) is 48.9 Å². The van der Waals surface area contributed by atoms with E-state index in [0.29, 0.717) is 32.2 Å². The number of aliphatic imine (C=N–C) groups is 1. The Kier molecular flexibility index (Phi) is 8.36. The maximum atomic E-state index is 12.6. The number of para-hydroxylation sites is 1. The number of halogens is 1. The fourth-order valence-corrected chi connectivity index (χ4v) is 4.65. The second-order valence-electron chi connectivity index (χ2n) is 7.60. The van der Waals surface area contributed by atoms with Crippen molar-refractivity contribution in [1.29, 1.82) is 0 Å².